The van der Waals surface area contributed by atoms with Crippen molar-refractivity contribution in [2.45, 2.75) is 6.54 Å². The first kappa shape index (κ1) is 15.5. The summed E-state index contributed by atoms with van der Waals surface area (Å²) in [4.78, 5) is 21.1. The molecule has 4 heterocycles. The average Bonchev–Trinajstić information content (AvgIpc) is 3.19. The molecule has 1 aromatic carbocycles. The molecule has 5 aromatic rings. The topological polar surface area (TPSA) is 52.2 Å². The molecule has 0 amide bonds. The smallest absolute Gasteiger partial charge is 0.280 e. The van der Waals surface area contributed by atoms with E-state index in [2.05, 4.69) is 50.9 Å². The van der Waals surface area contributed by atoms with Gasteiger partial charge in [0.2, 0.25) is 0 Å². The Hall–Kier alpha value is -3.73. The predicted octanol–water partition coefficient (Wildman–Crippen LogP) is 3.76. The Morgan fingerprint density at radius 3 is 2.59 bits per heavy atom. The summed E-state index contributed by atoms with van der Waals surface area (Å²) in [6.45, 7) is 0.468. The maximum absolute atomic E-state index is 12.6. The Bertz CT molecular complexity index is 1320. The van der Waals surface area contributed by atoms with Gasteiger partial charge in [0.1, 0.15) is 0 Å². The van der Waals surface area contributed by atoms with Crippen molar-refractivity contribution in [3.05, 3.63) is 101 Å². The first-order valence-corrected chi connectivity index (χ1v) is 8.74. The van der Waals surface area contributed by atoms with Crippen molar-refractivity contribution in [1.82, 2.24) is 18.9 Å². The lowest BCUT2D eigenvalue weighted by molar-refractivity contribution is 0.746. The zero-order chi connectivity index (χ0) is 18.2. The lowest BCUT2D eigenvalue weighted by atomic mass is 10.1. The van der Waals surface area contributed by atoms with E-state index in [0.717, 1.165) is 16.7 Å². The molecule has 0 atom stereocenters. The number of nitrogens with zero attached hydrogens (tertiary/aromatic N) is 4. The molecule has 0 saturated heterocycles. The van der Waals surface area contributed by atoms with Crippen molar-refractivity contribution in [3.63, 3.8) is 0 Å². The van der Waals surface area contributed by atoms with Crippen LogP contribution < -0.4 is 5.56 Å². The van der Waals surface area contributed by atoms with Gasteiger partial charge in [-0.3, -0.25) is 9.36 Å². The van der Waals surface area contributed by atoms with Crippen LogP contribution in [0.15, 0.2) is 90.4 Å². The summed E-state index contributed by atoms with van der Waals surface area (Å²) in [5.41, 5.74) is 5.40. The highest BCUT2D eigenvalue weighted by atomic mass is 16.1. The molecule has 0 radical (unpaired) electrons. The van der Waals surface area contributed by atoms with Crippen LogP contribution in [0.4, 0.5) is 0 Å². The minimum atomic E-state index is -0.122. The normalized spacial score (nSPS) is 11.3. The van der Waals surface area contributed by atoms with Crippen LogP contribution in [0, 0.1) is 0 Å². The van der Waals surface area contributed by atoms with Crippen molar-refractivity contribution in [1.29, 1.82) is 0 Å². The fourth-order valence-corrected chi connectivity index (χ4v) is 3.30. The number of aromatic nitrogens is 4. The fraction of sp³-hybridized carbons (Fsp3) is 0.0455. The van der Waals surface area contributed by atoms with E-state index in [-0.39, 0.29) is 5.56 Å². The van der Waals surface area contributed by atoms with Crippen molar-refractivity contribution in [2.75, 3.05) is 0 Å². The monoisotopic (exact) mass is 352 g/mol. The van der Waals surface area contributed by atoms with Crippen LogP contribution in [0.2, 0.25) is 0 Å². The van der Waals surface area contributed by atoms with Gasteiger partial charge in [0, 0.05) is 24.1 Å². The molecule has 4 aromatic heterocycles. The van der Waals surface area contributed by atoms with Gasteiger partial charge in [0.25, 0.3) is 5.56 Å². The van der Waals surface area contributed by atoms with Crippen LogP contribution in [-0.2, 0) is 6.54 Å². The number of hydrogen-bond donors (Lipinski definition) is 0. The molecule has 0 aliphatic carbocycles. The summed E-state index contributed by atoms with van der Waals surface area (Å²) in [6, 6.07) is 20.2. The van der Waals surface area contributed by atoms with Crippen molar-refractivity contribution in [3.8, 4) is 11.1 Å². The molecule has 0 fully saturated rings. The molecule has 5 rings (SSSR count). The van der Waals surface area contributed by atoms with Crippen LogP contribution in [0.3, 0.4) is 0 Å². The highest BCUT2D eigenvalue weighted by molar-refractivity contribution is 5.72. The summed E-state index contributed by atoms with van der Waals surface area (Å²) in [5, 5.41) is 0. The van der Waals surface area contributed by atoms with E-state index in [0.29, 0.717) is 17.6 Å². The number of pyridine rings is 2. The van der Waals surface area contributed by atoms with Crippen LogP contribution in [-0.4, -0.2) is 18.9 Å². The van der Waals surface area contributed by atoms with Crippen molar-refractivity contribution >= 4 is 16.6 Å². The third-order valence-electron chi connectivity index (χ3n) is 4.75. The van der Waals surface area contributed by atoms with E-state index < -0.39 is 0 Å². The zero-order valence-electron chi connectivity index (χ0n) is 14.5. The van der Waals surface area contributed by atoms with Crippen molar-refractivity contribution < 1.29 is 0 Å². The van der Waals surface area contributed by atoms with E-state index in [1.807, 2.05) is 24.4 Å². The lowest BCUT2D eigenvalue weighted by Gasteiger charge is -2.08. The van der Waals surface area contributed by atoms with E-state index in [4.69, 9.17) is 0 Å². The number of rotatable bonds is 3. The third kappa shape index (κ3) is 2.79. The van der Waals surface area contributed by atoms with E-state index >= 15 is 0 Å². The molecule has 5 nitrogen and oxygen atoms in total. The van der Waals surface area contributed by atoms with Crippen molar-refractivity contribution in [2.24, 2.45) is 0 Å². The van der Waals surface area contributed by atoms with E-state index in [1.165, 1.54) is 5.52 Å². The lowest BCUT2D eigenvalue weighted by Crippen LogP contribution is -2.21. The Kier molecular flexibility index (Phi) is 3.57. The van der Waals surface area contributed by atoms with Crippen LogP contribution in [0.1, 0.15) is 5.56 Å². The molecule has 0 bridgehead atoms. The largest absolute Gasteiger partial charge is 0.323 e. The molecule has 0 aliphatic heterocycles. The second-order valence-corrected chi connectivity index (χ2v) is 6.50. The Labute approximate surface area is 155 Å². The van der Waals surface area contributed by atoms with Gasteiger partial charge in [-0.2, -0.15) is 0 Å². The standard InChI is InChI=1S/C22H16N4O/c27-22-21-20(4-1-11-23-21)24-15-26(22)13-16-5-7-17(8-6-16)18-9-10-19-3-2-12-25(19)14-18/h1-12,14-15H,13H2. The minimum absolute atomic E-state index is 0.122. The van der Waals surface area contributed by atoms with E-state index in [1.54, 1.807) is 29.2 Å². The molecule has 5 heteroatoms. The van der Waals surface area contributed by atoms with Crippen LogP contribution >= 0.6 is 0 Å². The van der Waals surface area contributed by atoms with Gasteiger partial charge in [0.05, 0.1) is 18.4 Å². The average molecular weight is 352 g/mol. The van der Waals surface area contributed by atoms with Gasteiger partial charge in [-0.05, 0) is 47.0 Å². The SMILES string of the molecule is O=c1c2ncccc2ncn1Cc1ccc(-c2ccc3cccn3c2)cc1. The Morgan fingerprint density at radius 2 is 1.70 bits per heavy atom. The van der Waals surface area contributed by atoms with Gasteiger partial charge in [-0.15, -0.1) is 0 Å². The van der Waals surface area contributed by atoms with Gasteiger partial charge in [0.15, 0.2) is 5.52 Å². The zero-order valence-corrected chi connectivity index (χ0v) is 14.5. The number of fused-ring (bicyclic) bond motifs is 2. The summed E-state index contributed by atoms with van der Waals surface area (Å²) < 4.78 is 3.70. The first-order valence-electron chi connectivity index (χ1n) is 8.74. The molecule has 0 unspecified atom stereocenters. The molecular formula is C22H16N4O. The fourth-order valence-electron chi connectivity index (χ4n) is 3.30. The summed E-state index contributed by atoms with van der Waals surface area (Å²) in [7, 11) is 0. The van der Waals surface area contributed by atoms with E-state index in [9.17, 15) is 4.79 Å². The van der Waals surface area contributed by atoms with Gasteiger partial charge >= 0.3 is 0 Å². The highest BCUT2D eigenvalue weighted by Gasteiger charge is 2.06. The maximum Gasteiger partial charge on any atom is 0.280 e. The minimum Gasteiger partial charge on any atom is -0.323 e. The number of benzene rings is 1. The first-order chi connectivity index (χ1) is 13.3. The molecular weight excluding hydrogens is 336 g/mol. The molecule has 0 spiro atoms. The summed E-state index contributed by atoms with van der Waals surface area (Å²) >= 11 is 0. The Balaban J connectivity index is 1.45. The number of hydrogen-bond acceptors (Lipinski definition) is 3. The second kappa shape index (κ2) is 6.21. The predicted molar refractivity (Wildman–Crippen MR) is 106 cm³/mol. The van der Waals surface area contributed by atoms with Crippen LogP contribution in [0.5, 0.6) is 0 Å². The van der Waals surface area contributed by atoms with Crippen LogP contribution in [0.25, 0.3) is 27.7 Å². The Morgan fingerprint density at radius 1 is 0.852 bits per heavy atom. The molecule has 27 heavy (non-hydrogen) atoms. The summed E-state index contributed by atoms with van der Waals surface area (Å²) in [6.07, 6.45) is 7.36. The molecule has 0 saturated carbocycles. The third-order valence-corrected chi connectivity index (χ3v) is 4.75. The molecule has 0 N–H and O–H groups in total. The van der Waals surface area contributed by atoms with Gasteiger partial charge < -0.3 is 4.40 Å². The maximum atomic E-state index is 12.6. The second-order valence-electron chi connectivity index (χ2n) is 6.50. The van der Waals surface area contributed by atoms with Gasteiger partial charge in [-0.25, -0.2) is 9.97 Å². The quantitative estimate of drug-likeness (QED) is 0.497. The molecule has 0 aliphatic rings. The van der Waals surface area contributed by atoms with Gasteiger partial charge in [-0.1, -0.05) is 30.3 Å². The summed E-state index contributed by atoms with van der Waals surface area (Å²) in [5.74, 6) is 0. The molecule has 130 valence electrons. The highest BCUT2D eigenvalue weighted by Crippen LogP contribution is 2.21.